The van der Waals surface area contributed by atoms with Crippen LogP contribution in [0.3, 0.4) is 0 Å². The van der Waals surface area contributed by atoms with Gasteiger partial charge in [0.05, 0.1) is 5.39 Å². The highest BCUT2D eigenvalue weighted by atomic mass is 32.2. The Labute approximate surface area is 98.4 Å². The molecule has 2 rings (SSSR count). The number of aromatic nitrogens is 4. The number of anilines is 1. The van der Waals surface area contributed by atoms with Crippen molar-refractivity contribution in [3.05, 3.63) is 6.33 Å². The van der Waals surface area contributed by atoms with E-state index in [1.807, 2.05) is 6.26 Å². The molecule has 5 nitrogen and oxygen atoms in total. The third-order valence-electron chi connectivity index (χ3n) is 2.34. The summed E-state index contributed by atoms with van der Waals surface area (Å²) in [7, 11) is 0. The first-order chi connectivity index (χ1) is 7.86. The smallest absolute Gasteiger partial charge is 0.161 e. The van der Waals surface area contributed by atoms with Gasteiger partial charge in [-0.05, 0) is 12.7 Å². The molecule has 0 atom stereocenters. The minimum absolute atomic E-state index is 0.790. The highest BCUT2D eigenvalue weighted by Gasteiger charge is 2.11. The molecule has 16 heavy (non-hydrogen) atoms. The molecule has 0 radical (unpaired) electrons. The predicted octanol–water partition coefficient (Wildman–Crippen LogP) is 2.29. The van der Waals surface area contributed by atoms with Crippen molar-refractivity contribution in [2.75, 3.05) is 18.1 Å². The fraction of sp³-hybridized carbons (Fsp3) is 0.500. The molecule has 2 aromatic heterocycles. The van der Waals surface area contributed by atoms with E-state index in [1.165, 1.54) is 6.42 Å². The van der Waals surface area contributed by atoms with Gasteiger partial charge < -0.3 is 5.32 Å². The summed E-state index contributed by atoms with van der Waals surface area (Å²) in [6.07, 6.45) is 5.86. The van der Waals surface area contributed by atoms with E-state index in [-0.39, 0.29) is 0 Å². The van der Waals surface area contributed by atoms with Gasteiger partial charge >= 0.3 is 0 Å². The fourth-order valence-corrected chi connectivity index (χ4v) is 2.03. The lowest BCUT2D eigenvalue weighted by Crippen LogP contribution is -2.03. The van der Waals surface area contributed by atoms with Crippen LogP contribution < -0.4 is 5.32 Å². The molecule has 86 valence electrons. The van der Waals surface area contributed by atoms with Gasteiger partial charge in [-0.25, -0.2) is 9.97 Å². The number of H-pyrrole nitrogens is 1. The van der Waals surface area contributed by atoms with Crippen molar-refractivity contribution in [1.82, 2.24) is 20.2 Å². The van der Waals surface area contributed by atoms with Crippen LogP contribution in [0.25, 0.3) is 11.0 Å². The number of thioether (sulfide) groups is 1. The zero-order valence-electron chi connectivity index (χ0n) is 9.45. The molecule has 0 bridgehead atoms. The molecule has 0 spiro atoms. The molecular weight excluding hydrogens is 222 g/mol. The molecular formula is C10H15N5S. The highest BCUT2D eigenvalue weighted by Crippen LogP contribution is 2.27. The average molecular weight is 237 g/mol. The van der Waals surface area contributed by atoms with Crippen molar-refractivity contribution in [2.24, 2.45) is 0 Å². The van der Waals surface area contributed by atoms with Gasteiger partial charge in [0.1, 0.15) is 17.2 Å². The number of unbranched alkanes of at least 4 members (excludes halogenated alkanes) is 1. The predicted molar refractivity (Wildman–Crippen MR) is 66.9 cm³/mol. The molecule has 0 saturated carbocycles. The van der Waals surface area contributed by atoms with Gasteiger partial charge in [-0.1, -0.05) is 13.3 Å². The Balaban J connectivity index is 2.31. The normalized spacial score (nSPS) is 10.9. The number of aromatic amines is 1. The first kappa shape index (κ1) is 11.2. The van der Waals surface area contributed by atoms with Crippen LogP contribution in [0.2, 0.25) is 0 Å². The maximum Gasteiger partial charge on any atom is 0.161 e. The zero-order valence-corrected chi connectivity index (χ0v) is 10.3. The summed E-state index contributed by atoms with van der Waals surface area (Å²) in [4.78, 5) is 8.42. The van der Waals surface area contributed by atoms with Crippen molar-refractivity contribution in [2.45, 2.75) is 24.8 Å². The van der Waals surface area contributed by atoms with Crippen LogP contribution in [0.15, 0.2) is 11.4 Å². The minimum atomic E-state index is 0.790. The topological polar surface area (TPSA) is 66.5 Å². The largest absolute Gasteiger partial charge is 0.369 e. The first-order valence-corrected chi connectivity index (χ1v) is 6.56. The van der Waals surface area contributed by atoms with Gasteiger partial charge in [0.15, 0.2) is 5.65 Å². The summed E-state index contributed by atoms with van der Waals surface area (Å²) in [6, 6.07) is 0. The molecule has 2 heterocycles. The Morgan fingerprint density at radius 1 is 1.44 bits per heavy atom. The first-order valence-electron chi connectivity index (χ1n) is 5.33. The number of nitrogens with one attached hydrogen (secondary N) is 2. The zero-order chi connectivity index (χ0) is 11.4. The highest BCUT2D eigenvalue weighted by molar-refractivity contribution is 7.98. The standard InChI is InChI=1S/C10H15N5S/c1-3-4-5-11-8-7-9(13-6-12-8)14-15-10(7)16-2/h6H,3-5H2,1-2H3,(H2,11,12,13,14,15). The van der Waals surface area contributed by atoms with Crippen molar-refractivity contribution in [1.29, 1.82) is 0 Å². The van der Waals surface area contributed by atoms with Gasteiger partial charge in [0.2, 0.25) is 0 Å². The second-order valence-corrected chi connectivity index (χ2v) is 4.25. The van der Waals surface area contributed by atoms with Crippen LogP contribution in [-0.2, 0) is 0 Å². The Bertz CT molecular complexity index is 467. The lowest BCUT2D eigenvalue weighted by molar-refractivity contribution is 0.831. The van der Waals surface area contributed by atoms with Crippen LogP contribution >= 0.6 is 11.8 Å². The Morgan fingerprint density at radius 3 is 3.06 bits per heavy atom. The number of nitrogens with zero attached hydrogens (tertiary/aromatic N) is 3. The molecule has 6 heteroatoms. The Hall–Kier alpha value is -1.30. The third-order valence-corrected chi connectivity index (χ3v) is 3.02. The van der Waals surface area contributed by atoms with Gasteiger partial charge in [0.25, 0.3) is 0 Å². The van der Waals surface area contributed by atoms with E-state index in [9.17, 15) is 0 Å². The Kier molecular flexibility index (Phi) is 3.61. The molecule has 0 unspecified atom stereocenters. The van der Waals surface area contributed by atoms with Crippen molar-refractivity contribution in [3.8, 4) is 0 Å². The molecule has 2 N–H and O–H groups in total. The fourth-order valence-electron chi connectivity index (χ4n) is 1.50. The van der Waals surface area contributed by atoms with Gasteiger partial charge in [-0.2, -0.15) is 5.10 Å². The summed E-state index contributed by atoms with van der Waals surface area (Å²) < 4.78 is 0. The number of hydrogen-bond donors (Lipinski definition) is 2. The maximum absolute atomic E-state index is 4.26. The van der Waals surface area contributed by atoms with E-state index in [1.54, 1.807) is 18.1 Å². The summed E-state index contributed by atoms with van der Waals surface area (Å²) in [5.74, 6) is 0.872. The number of hydrogen-bond acceptors (Lipinski definition) is 5. The maximum atomic E-state index is 4.26. The van der Waals surface area contributed by atoms with E-state index in [0.29, 0.717) is 0 Å². The molecule has 0 aliphatic heterocycles. The molecule has 2 aromatic rings. The molecule has 0 amide bonds. The summed E-state index contributed by atoms with van der Waals surface area (Å²) in [5.41, 5.74) is 0.790. The summed E-state index contributed by atoms with van der Waals surface area (Å²) in [5, 5.41) is 12.4. The molecule has 0 aliphatic rings. The summed E-state index contributed by atoms with van der Waals surface area (Å²) >= 11 is 1.60. The van der Waals surface area contributed by atoms with Gasteiger partial charge in [-0.15, -0.1) is 11.8 Å². The van der Waals surface area contributed by atoms with Crippen molar-refractivity contribution < 1.29 is 0 Å². The minimum Gasteiger partial charge on any atom is -0.369 e. The van der Waals surface area contributed by atoms with E-state index < -0.39 is 0 Å². The van der Waals surface area contributed by atoms with Crippen molar-refractivity contribution >= 4 is 28.6 Å². The molecule has 0 aliphatic carbocycles. The lowest BCUT2D eigenvalue weighted by Gasteiger charge is -2.05. The second-order valence-electron chi connectivity index (χ2n) is 3.46. The van der Waals surface area contributed by atoms with E-state index in [4.69, 9.17) is 0 Å². The van der Waals surface area contributed by atoms with Gasteiger partial charge in [0, 0.05) is 6.54 Å². The van der Waals surface area contributed by atoms with Crippen LogP contribution in [0.5, 0.6) is 0 Å². The average Bonchev–Trinajstić information content (AvgIpc) is 2.73. The lowest BCUT2D eigenvalue weighted by atomic mass is 10.3. The van der Waals surface area contributed by atoms with Crippen LogP contribution in [0.4, 0.5) is 5.82 Å². The Morgan fingerprint density at radius 2 is 2.31 bits per heavy atom. The SMILES string of the molecule is CCCCNc1ncnc2[nH]nc(SC)c12. The monoisotopic (exact) mass is 237 g/mol. The molecule has 0 fully saturated rings. The van der Waals surface area contributed by atoms with Crippen LogP contribution in [0.1, 0.15) is 19.8 Å². The van der Waals surface area contributed by atoms with Crippen LogP contribution in [-0.4, -0.2) is 33.0 Å². The number of fused-ring (bicyclic) bond motifs is 1. The summed E-state index contributed by atoms with van der Waals surface area (Å²) in [6.45, 7) is 3.10. The van der Waals surface area contributed by atoms with Crippen molar-refractivity contribution in [3.63, 3.8) is 0 Å². The van der Waals surface area contributed by atoms with E-state index in [0.717, 1.165) is 34.8 Å². The van der Waals surface area contributed by atoms with E-state index >= 15 is 0 Å². The molecule has 0 aromatic carbocycles. The van der Waals surface area contributed by atoms with E-state index in [2.05, 4.69) is 32.4 Å². The second kappa shape index (κ2) is 5.16. The third kappa shape index (κ3) is 2.11. The number of rotatable bonds is 5. The van der Waals surface area contributed by atoms with Gasteiger partial charge in [-0.3, -0.25) is 5.10 Å². The van der Waals surface area contributed by atoms with Crippen LogP contribution in [0, 0.1) is 0 Å². The quantitative estimate of drug-likeness (QED) is 0.617. The molecule has 0 saturated heterocycles.